The van der Waals surface area contributed by atoms with Gasteiger partial charge in [0, 0.05) is 17.7 Å². The fourth-order valence-corrected chi connectivity index (χ4v) is 4.69. The third kappa shape index (κ3) is 15.7. The zero-order chi connectivity index (χ0) is 28.9. The smallest absolute Gasteiger partial charge is 0.408 e. The Balaban J connectivity index is 2.70. The number of Topliss-reactive ketones (excluding diaryl/α,β-unsaturated/α-hetero) is 1. The number of thiazole rings is 1. The van der Waals surface area contributed by atoms with Gasteiger partial charge >= 0.3 is 12.1 Å². The van der Waals surface area contributed by atoms with Gasteiger partial charge in [-0.3, -0.25) is 4.79 Å². The van der Waals surface area contributed by atoms with Gasteiger partial charge in [0.2, 0.25) is 0 Å². The fourth-order valence-electron chi connectivity index (χ4n) is 3.52. The van der Waals surface area contributed by atoms with Crippen LogP contribution in [0, 0.1) is 17.8 Å². The summed E-state index contributed by atoms with van der Waals surface area (Å²) in [6, 6.07) is -0.607. The monoisotopic (exact) mass is 608 g/mol. The number of rotatable bonds is 12. The van der Waals surface area contributed by atoms with Crippen molar-refractivity contribution < 1.29 is 23.9 Å². The van der Waals surface area contributed by atoms with E-state index in [2.05, 4.69) is 51.9 Å². The number of alkyl carbamates (subject to hydrolysis) is 1. The highest BCUT2D eigenvalue weighted by Crippen LogP contribution is 2.18. The standard InChI is InChI=1S/C29H41BrN2O5S/c1-19(2)15-20(3)11-9-14-27(34)36-24(16-21(4)30)17-26-31-23(18-38-26)12-10-13-25(22(5)33)32-28(35)37-29(6,7)8/h11,16,18-19,24-25H,10,12-13,15,17H2,1-8H3,(H,32,35)/b20-11+,21-16+/t24-,25+/m1/s1. The number of ketones is 1. The van der Waals surface area contributed by atoms with Crippen LogP contribution in [0.3, 0.4) is 0 Å². The summed E-state index contributed by atoms with van der Waals surface area (Å²) in [6.45, 7) is 14.9. The number of ether oxygens (including phenoxy) is 2. The Labute approximate surface area is 240 Å². The highest BCUT2D eigenvalue weighted by molar-refractivity contribution is 9.11. The molecule has 1 N–H and O–H groups in total. The zero-order valence-electron chi connectivity index (χ0n) is 23.8. The first-order valence-electron chi connectivity index (χ1n) is 12.8. The number of amides is 1. The maximum atomic E-state index is 12.3. The molecule has 2 atom stereocenters. The van der Waals surface area contributed by atoms with Crippen LogP contribution in [0.4, 0.5) is 4.79 Å². The first-order valence-corrected chi connectivity index (χ1v) is 14.5. The van der Waals surface area contributed by atoms with Crippen LogP contribution in [0.15, 0.2) is 27.6 Å². The summed E-state index contributed by atoms with van der Waals surface area (Å²) in [6.07, 6.45) is 5.64. The number of hydrogen-bond acceptors (Lipinski definition) is 7. The van der Waals surface area contributed by atoms with Gasteiger partial charge in [0.15, 0.2) is 5.78 Å². The van der Waals surface area contributed by atoms with Crippen LogP contribution < -0.4 is 5.32 Å². The van der Waals surface area contributed by atoms with Gasteiger partial charge in [-0.2, -0.15) is 0 Å². The summed E-state index contributed by atoms with van der Waals surface area (Å²) in [5.41, 5.74) is 1.38. The van der Waals surface area contributed by atoms with Gasteiger partial charge in [0.25, 0.3) is 0 Å². The van der Waals surface area contributed by atoms with Crippen LogP contribution in [-0.4, -0.2) is 40.6 Å². The molecule has 38 heavy (non-hydrogen) atoms. The van der Waals surface area contributed by atoms with Crippen molar-refractivity contribution >= 4 is 45.1 Å². The van der Waals surface area contributed by atoms with Gasteiger partial charge < -0.3 is 14.8 Å². The molecule has 0 aliphatic heterocycles. The molecule has 7 nitrogen and oxygen atoms in total. The van der Waals surface area contributed by atoms with E-state index in [1.54, 1.807) is 26.8 Å². The molecule has 0 saturated carbocycles. The lowest BCUT2D eigenvalue weighted by molar-refractivity contribution is -0.139. The van der Waals surface area contributed by atoms with E-state index in [1.165, 1.54) is 18.3 Å². The Hall–Kier alpha value is -2.44. The number of carbonyl (C=O) groups excluding carboxylic acids is 3. The molecule has 0 aliphatic rings. The van der Waals surface area contributed by atoms with Crippen LogP contribution in [0.25, 0.3) is 0 Å². The van der Waals surface area contributed by atoms with Crippen molar-refractivity contribution in [1.29, 1.82) is 0 Å². The predicted molar refractivity (Wildman–Crippen MR) is 156 cm³/mol. The second kappa shape index (κ2) is 16.5. The molecule has 0 saturated heterocycles. The molecule has 0 bridgehead atoms. The van der Waals surface area contributed by atoms with E-state index in [9.17, 15) is 14.4 Å². The molecule has 0 aliphatic carbocycles. The highest BCUT2D eigenvalue weighted by atomic mass is 79.9. The summed E-state index contributed by atoms with van der Waals surface area (Å²) in [7, 11) is 0. The molecule has 0 spiro atoms. The largest absolute Gasteiger partial charge is 0.448 e. The minimum absolute atomic E-state index is 0.120. The number of nitrogens with zero attached hydrogens (tertiary/aromatic N) is 1. The zero-order valence-corrected chi connectivity index (χ0v) is 26.2. The summed E-state index contributed by atoms with van der Waals surface area (Å²) in [4.78, 5) is 41.0. The third-order valence-electron chi connectivity index (χ3n) is 4.98. The van der Waals surface area contributed by atoms with Gasteiger partial charge in [-0.1, -0.05) is 41.3 Å². The van der Waals surface area contributed by atoms with Crippen molar-refractivity contribution in [3.63, 3.8) is 0 Å². The summed E-state index contributed by atoms with van der Waals surface area (Å²) >= 11 is 4.90. The molecular formula is C29H41BrN2O5S. The predicted octanol–water partition coefficient (Wildman–Crippen LogP) is 6.70. The Bertz CT molecular complexity index is 1070. The van der Waals surface area contributed by atoms with Gasteiger partial charge in [0.05, 0.1) is 16.7 Å². The molecule has 1 rings (SSSR count). The number of aromatic nitrogens is 1. The van der Waals surface area contributed by atoms with Crippen LogP contribution in [0.1, 0.15) is 85.4 Å². The van der Waals surface area contributed by atoms with Crippen molar-refractivity contribution in [2.75, 3.05) is 0 Å². The van der Waals surface area contributed by atoms with Crippen molar-refractivity contribution in [2.45, 2.75) is 105 Å². The number of aryl methyl sites for hydroxylation is 1. The van der Waals surface area contributed by atoms with E-state index >= 15 is 0 Å². The van der Waals surface area contributed by atoms with Gasteiger partial charge in [-0.15, -0.1) is 11.3 Å². The minimum Gasteiger partial charge on any atom is -0.448 e. The Morgan fingerprint density at radius 2 is 1.89 bits per heavy atom. The maximum Gasteiger partial charge on any atom is 0.408 e. The SMILES string of the molecule is CC(=O)[C@H](CCCc1csc(C[C@@H](/C=C(\C)Br)OC(=O)C#C/C=C(\C)CC(C)C)n1)NC(=O)OC(C)(C)C. The Morgan fingerprint density at radius 1 is 1.21 bits per heavy atom. The lowest BCUT2D eigenvalue weighted by Gasteiger charge is -2.22. The first kappa shape index (κ1) is 33.6. The van der Waals surface area contributed by atoms with Crippen molar-refractivity contribution in [3.8, 4) is 11.8 Å². The third-order valence-corrected chi connectivity index (χ3v) is 6.16. The molecule has 210 valence electrons. The molecule has 1 amide bonds. The molecule has 1 aromatic heterocycles. The maximum absolute atomic E-state index is 12.3. The molecule has 9 heteroatoms. The molecular weight excluding hydrogens is 568 g/mol. The Morgan fingerprint density at radius 3 is 2.47 bits per heavy atom. The average Bonchev–Trinajstić information content (AvgIpc) is 3.17. The average molecular weight is 610 g/mol. The van der Waals surface area contributed by atoms with E-state index in [1.807, 2.05) is 25.3 Å². The van der Waals surface area contributed by atoms with Crippen LogP contribution in [-0.2, 0) is 31.9 Å². The van der Waals surface area contributed by atoms with Crippen molar-refractivity contribution in [2.24, 2.45) is 5.92 Å². The van der Waals surface area contributed by atoms with Crippen LogP contribution in [0.5, 0.6) is 0 Å². The number of carbonyl (C=O) groups is 3. The molecule has 0 unspecified atom stereocenters. The van der Waals surface area contributed by atoms with Crippen molar-refractivity contribution in [1.82, 2.24) is 10.3 Å². The lowest BCUT2D eigenvalue weighted by Crippen LogP contribution is -2.42. The minimum atomic E-state index is -0.632. The number of hydrogen-bond donors (Lipinski definition) is 1. The summed E-state index contributed by atoms with van der Waals surface area (Å²) < 4.78 is 11.7. The number of allylic oxidation sites excluding steroid dienone is 3. The van der Waals surface area contributed by atoms with Gasteiger partial charge in [0.1, 0.15) is 11.7 Å². The molecule has 0 fully saturated rings. The van der Waals surface area contributed by atoms with Crippen LogP contribution in [0.2, 0.25) is 0 Å². The topological polar surface area (TPSA) is 94.6 Å². The quantitative estimate of drug-likeness (QED) is 0.161. The summed E-state index contributed by atoms with van der Waals surface area (Å²) in [5.74, 6) is 5.16. The van der Waals surface area contributed by atoms with Gasteiger partial charge in [-0.25, -0.2) is 14.6 Å². The summed E-state index contributed by atoms with van der Waals surface area (Å²) in [5, 5.41) is 5.45. The van der Waals surface area contributed by atoms with E-state index in [-0.39, 0.29) is 5.78 Å². The van der Waals surface area contributed by atoms with Crippen LogP contribution >= 0.6 is 27.3 Å². The molecule has 1 aromatic rings. The molecule has 0 aromatic carbocycles. The van der Waals surface area contributed by atoms with E-state index in [4.69, 9.17) is 9.47 Å². The number of nitrogens with one attached hydrogen (secondary N) is 1. The first-order chi connectivity index (χ1) is 17.6. The second-order valence-corrected chi connectivity index (χ2v) is 12.9. The molecule has 1 heterocycles. The number of esters is 1. The fraction of sp³-hybridized carbons (Fsp3) is 0.586. The van der Waals surface area contributed by atoms with E-state index < -0.39 is 29.8 Å². The van der Waals surface area contributed by atoms with E-state index in [0.29, 0.717) is 31.6 Å². The van der Waals surface area contributed by atoms with Crippen molar-refractivity contribution in [3.05, 3.63) is 38.3 Å². The lowest BCUT2D eigenvalue weighted by atomic mass is 10.0. The molecule has 0 radical (unpaired) electrons. The highest BCUT2D eigenvalue weighted by Gasteiger charge is 2.22. The Kier molecular flexibility index (Phi) is 14.6. The second-order valence-electron chi connectivity index (χ2n) is 10.7. The van der Waals surface area contributed by atoms with Gasteiger partial charge in [-0.05, 0) is 89.8 Å². The normalized spacial score (nSPS) is 13.8. The number of halogens is 1. The van der Waals surface area contributed by atoms with E-state index in [0.717, 1.165) is 27.2 Å².